The molecule has 0 atom stereocenters. The zero-order chi connectivity index (χ0) is 19.7. The molecule has 0 unspecified atom stereocenters. The van der Waals surface area contributed by atoms with Crippen LogP contribution in [-0.2, 0) is 6.54 Å². The quantitative estimate of drug-likeness (QED) is 0.505. The number of hydrogen-bond donors (Lipinski definition) is 0. The highest BCUT2D eigenvalue weighted by molar-refractivity contribution is 5.60. The monoisotopic (exact) mass is 381 g/mol. The van der Waals surface area contributed by atoms with E-state index in [4.69, 9.17) is 4.42 Å². The molecule has 0 N–H and O–H groups in total. The van der Waals surface area contributed by atoms with Crippen LogP contribution in [0.5, 0.6) is 0 Å². The van der Waals surface area contributed by atoms with Gasteiger partial charge in [-0.1, -0.05) is 34.5 Å². The summed E-state index contributed by atoms with van der Waals surface area (Å²) in [5.74, 6) is -0.611. The fraction of sp³-hybridized carbons (Fsp3) is 0.200. The summed E-state index contributed by atoms with van der Waals surface area (Å²) in [4.78, 5) is 0. The molecular weight excluding hydrogens is 364 g/mol. The molecule has 8 heteroatoms. The molecule has 0 radical (unpaired) electrons. The van der Waals surface area contributed by atoms with Gasteiger partial charge in [-0.15, -0.1) is 15.3 Å². The van der Waals surface area contributed by atoms with Crippen molar-refractivity contribution >= 4 is 0 Å². The Morgan fingerprint density at radius 3 is 2.29 bits per heavy atom. The van der Waals surface area contributed by atoms with Crippen LogP contribution in [0.15, 0.2) is 53.1 Å². The first-order valence-corrected chi connectivity index (χ1v) is 8.67. The standard InChI is InChI=1S/C20H17F2N5O/c1-12-7-13(2)9-16(8-12)17-11-27(26-23-17)10-14-3-5-15(6-4-14)19-24-25-20(28-19)18(21)22/h3-9,11,18H,10H2,1-2H3. The Balaban J connectivity index is 1.49. The van der Waals surface area contributed by atoms with Crippen molar-refractivity contribution < 1.29 is 13.2 Å². The zero-order valence-corrected chi connectivity index (χ0v) is 15.3. The summed E-state index contributed by atoms with van der Waals surface area (Å²) >= 11 is 0. The summed E-state index contributed by atoms with van der Waals surface area (Å²) in [6.45, 7) is 4.64. The van der Waals surface area contributed by atoms with Gasteiger partial charge in [0.2, 0.25) is 5.89 Å². The largest absolute Gasteiger partial charge is 0.415 e. The number of benzene rings is 2. The lowest BCUT2D eigenvalue weighted by Crippen LogP contribution is -2.00. The van der Waals surface area contributed by atoms with Crippen LogP contribution >= 0.6 is 0 Å². The Hall–Kier alpha value is -3.42. The van der Waals surface area contributed by atoms with Gasteiger partial charge in [-0.05, 0) is 43.7 Å². The molecule has 4 aromatic rings. The van der Waals surface area contributed by atoms with E-state index in [0.717, 1.165) is 16.8 Å². The molecule has 2 aromatic heterocycles. The van der Waals surface area contributed by atoms with Crippen molar-refractivity contribution in [2.45, 2.75) is 26.8 Å². The molecule has 0 amide bonds. The third kappa shape index (κ3) is 3.80. The van der Waals surface area contributed by atoms with E-state index in [2.05, 4.69) is 52.6 Å². The molecule has 28 heavy (non-hydrogen) atoms. The highest BCUT2D eigenvalue weighted by Gasteiger charge is 2.16. The molecule has 0 bridgehead atoms. The molecule has 2 aromatic carbocycles. The predicted octanol–water partition coefficient (Wildman–Crippen LogP) is 4.60. The Morgan fingerprint density at radius 2 is 1.64 bits per heavy atom. The van der Waals surface area contributed by atoms with Gasteiger partial charge in [-0.2, -0.15) is 8.78 Å². The second-order valence-corrected chi connectivity index (χ2v) is 6.62. The number of aryl methyl sites for hydroxylation is 2. The van der Waals surface area contributed by atoms with Crippen molar-refractivity contribution in [1.82, 2.24) is 25.2 Å². The van der Waals surface area contributed by atoms with E-state index in [-0.39, 0.29) is 5.89 Å². The van der Waals surface area contributed by atoms with Gasteiger partial charge in [0, 0.05) is 11.1 Å². The first-order valence-electron chi connectivity index (χ1n) is 8.67. The Labute approximate surface area is 159 Å². The van der Waals surface area contributed by atoms with Crippen LogP contribution in [0.2, 0.25) is 0 Å². The van der Waals surface area contributed by atoms with E-state index in [1.165, 1.54) is 11.1 Å². The average Bonchev–Trinajstić information content (AvgIpc) is 3.31. The molecule has 0 aliphatic rings. The summed E-state index contributed by atoms with van der Waals surface area (Å²) in [6.07, 6.45) is -0.881. The van der Waals surface area contributed by atoms with Gasteiger partial charge >= 0.3 is 6.43 Å². The van der Waals surface area contributed by atoms with E-state index in [0.29, 0.717) is 12.1 Å². The Bertz CT molecular complexity index is 1080. The van der Waals surface area contributed by atoms with Crippen molar-refractivity contribution in [3.05, 3.63) is 71.2 Å². The highest BCUT2D eigenvalue weighted by Crippen LogP contribution is 2.24. The third-order valence-corrected chi connectivity index (χ3v) is 4.23. The molecule has 0 saturated carbocycles. The van der Waals surface area contributed by atoms with Crippen LogP contribution < -0.4 is 0 Å². The fourth-order valence-corrected chi connectivity index (χ4v) is 3.01. The van der Waals surface area contributed by atoms with E-state index >= 15 is 0 Å². The molecule has 142 valence electrons. The topological polar surface area (TPSA) is 69.6 Å². The van der Waals surface area contributed by atoms with Gasteiger partial charge in [-0.3, -0.25) is 0 Å². The second-order valence-electron chi connectivity index (χ2n) is 6.62. The Morgan fingerprint density at radius 1 is 0.929 bits per heavy atom. The minimum Gasteiger partial charge on any atom is -0.415 e. The second kappa shape index (κ2) is 7.30. The maximum Gasteiger partial charge on any atom is 0.314 e. The molecule has 6 nitrogen and oxygen atoms in total. The van der Waals surface area contributed by atoms with Crippen molar-refractivity contribution in [3.8, 4) is 22.7 Å². The molecule has 4 rings (SSSR count). The molecular formula is C20H17F2N5O. The normalized spacial score (nSPS) is 11.3. The first kappa shape index (κ1) is 18.0. The minimum atomic E-state index is -2.78. The van der Waals surface area contributed by atoms with E-state index in [1.807, 2.05) is 18.3 Å². The van der Waals surface area contributed by atoms with Crippen LogP contribution in [0.1, 0.15) is 29.0 Å². The average molecular weight is 381 g/mol. The van der Waals surface area contributed by atoms with Gasteiger partial charge in [-0.25, -0.2) is 4.68 Å². The summed E-state index contributed by atoms with van der Waals surface area (Å²) < 4.78 is 31.8. The molecule has 0 fully saturated rings. The highest BCUT2D eigenvalue weighted by atomic mass is 19.3. The van der Waals surface area contributed by atoms with E-state index < -0.39 is 12.3 Å². The van der Waals surface area contributed by atoms with E-state index in [9.17, 15) is 8.78 Å². The van der Waals surface area contributed by atoms with Gasteiger partial charge < -0.3 is 4.42 Å². The molecule has 0 saturated heterocycles. The maximum atomic E-state index is 12.6. The molecule has 0 aliphatic heterocycles. The molecule has 0 aliphatic carbocycles. The van der Waals surface area contributed by atoms with Gasteiger partial charge in [0.25, 0.3) is 5.89 Å². The number of rotatable bonds is 5. The van der Waals surface area contributed by atoms with Crippen LogP contribution in [0.4, 0.5) is 8.78 Å². The van der Waals surface area contributed by atoms with E-state index in [1.54, 1.807) is 16.8 Å². The summed E-state index contributed by atoms with van der Waals surface area (Å²) in [5, 5.41) is 15.4. The summed E-state index contributed by atoms with van der Waals surface area (Å²) in [7, 11) is 0. The van der Waals surface area contributed by atoms with Crippen molar-refractivity contribution in [2.75, 3.05) is 0 Å². The number of halogens is 2. The van der Waals surface area contributed by atoms with Gasteiger partial charge in [0.05, 0.1) is 12.7 Å². The minimum absolute atomic E-state index is 0.0692. The zero-order valence-electron chi connectivity index (χ0n) is 15.3. The summed E-state index contributed by atoms with van der Waals surface area (Å²) in [5.41, 5.74) is 5.76. The van der Waals surface area contributed by atoms with Crippen LogP contribution in [0.25, 0.3) is 22.7 Å². The SMILES string of the molecule is Cc1cc(C)cc(-c2cn(Cc3ccc(-c4nnc(C(F)F)o4)cc3)nn2)c1. The van der Waals surface area contributed by atoms with Crippen molar-refractivity contribution in [2.24, 2.45) is 0 Å². The van der Waals surface area contributed by atoms with Gasteiger partial charge in [0.1, 0.15) is 5.69 Å². The number of hydrogen-bond acceptors (Lipinski definition) is 5. The smallest absolute Gasteiger partial charge is 0.314 e. The first-order chi connectivity index (χ1) is 13.5. The number of alkyl halides is 2. The number of aromatic nitrogens is 5. The lowest BCUT2D eigenvalue weighted by molar-refractivity contribution is 0.116. The predicted molar refractivity (Wildman–Crippen MR) is 98.7 cm³/mol. The lowest BCUT2D eigenvalue weighted by Gasteiger charge is -2.02. The summed E-state index contributed by atoms with van der Waals surface area (Å²) in [6, 6.07) is 13.5. The van der Waals surface area contributed by atoms with Gasteiger partial charge in [0.15, 0.2) is 0 Å². The lowest BCUT2D eigenvalue weighted by atomic mass is 10.1. The molecule has 2 heterocycles. The Kier molecular flexibility index (Phi) is 4.68. The molecule has 0 spiro atoms. The van der Waals surface area contributed by atoms with Crippen LogP contribution in [0, 0.1) is 13.8 Å². The number of nitrogens with zero attached hydrogens (tertiary/aromatic N) is 5. The third-order valence-electron chi connectivity index (χ3n) is 4.23. The van der Waals surface area contributed by atoms with Crippen LogP contribution in [-0.4, -0.2) is 25.2 Å². The van der Waals surface area contributed by atoms with Crippen molar-refractivity contribution in [1.29, 1.82) is 0 Å². The van der Waals surface area contributed by atoms with Crippen molar-refractivity contribution in [3.63, 3.8) is 0 Å². The maximum absolute atomic E-state index is 12.6. The fourth-order valence-electron chi connectivity index (χ4n) is 3.01. The van der Waals surface area contributed by atoms with Crippen LogP contribution in [0.3, 0.4) is 0 Å².